The van der Waals surface area contributed by atoms with E-state index in [4.69, 9.17) is 0 Å². The first-order chi connectivity index (χ1) is 5.58. The van der Waals surface area contributed by atoms with Gasteiger partial charge in [0, 0.05) is 17.3 Å². The van der Waals surface area contributed by atoms with Crippen LogP contribution < -0.4 is 0 Å². The molecule has 0 spiro atoms. The first-order valence-corrected chi connectivity index (χ1v) is 8.80. The highest BCUT2D eigenvalue weighted by Gasteiger charge is 2.12. The number of pyridine rings is 1. The van der Waals surface area contributed by atoms with Crippen LogP contribution >= 0.6 is 11.8 Å². The van der Waals surface area contributed by atoms with E-state index in [2.05, 4.69) is 36.8 Å². The fraction of sp³-hybridized carbons (Fsp3) is 0.444. The fourth-order valence-electron chi connectivity index (χ4n) is 0.734. The Kier molecular flexibility index (Phi) is 3.35. The largest absolute Gasteiger partial charge is 0.265 e. The van der Waals surface area contributed by atoms with Crippen molar-refractivity contribution in [1.29, 1.82) is 0 Å². The van der Waals surface area contributed by atoms with Crippen molar-refractivity contribution in [2.75, 3.05) is 5.38 Å². The molecule has 0 aromatic carbocycles. The number of hydrogen-bond donors (Lipinski definition) is 0. The van der Waals surface area contributed by atoms with E-state index < -0.39 is 8.07 Å². The molecule has 0 amide bonds. The van der Waals surface area contributed by atoms with Crippen LogP contribution in [0.2, 0.25) is 19.6 Å². The lowest BCUT2D eigenvalue weighted by molar-refractivity contribution is 1.26. The van der Waals surface area contributed by atoms with Crippen LogP contribution in [0, 0.1) is 0 Å². The third kappa shape index (κ3) is 3.92. The third-order valence-electron chi connectivity index (χ3n) is 1.32. The minimum atomic E-state index is -0.897. The molecule has 0 bridgehead atoms. The predicted molar refractivity (Wildman–Crippen MR) is 58.3 cm³/mol. The van der Waals surface area contributed by atoms with Crippen LogP contribution in [0.15, 0.2) is 29.4 Å². The molecule has 0 radical (unpaired) electrons. The highest BCUT2D eigenvalue weighted by atomic mass is 32.2. The van der Waals surface area contributed by atoms with Crippen molar-refractivity contribution >= 4 is 19.8 Å². The molecule has 1 nitrogen and oxygen atoms in total. The standard InChI is InChI=1S/C9H15NSSi/c1-12(2,3)8-11-9-4-6-10-7-5-9/h4-7H,8H2,1-3H3. The van der Waals surface area contributed by atoms with Gasteiger partial charge in [-0.25, -0.2) is 0 Å². The molecule has 0 fully saturated rings. The highest BCUT2D eigenvalue weighted by molar-refractivity contribution is 8.01. The second kappa shape index (κ2) is 4.10. The highest BCUT2D eigenvalue weighted by Crippen LogP contribution is 2.20. The minimum absolute atomic E-state index is 0.897. The Morgan fingerprint density at radius 1 is 1.25 bits per heavy atom. The van der Waals surface area contributed by atoms with Gasteiger partial charge in [0.15, 0.2) is 0 Å². The Hall–Kier alpha value is -0.283. The van der Waals surface area contributed by atoms with Gasteiger partial charge >= 0.3 is 0 Å². The predicted octanol–water partition coefficient (Wildman–Crippen LogP) is 3.05. The van der Waals surface area contributed by atoms with E-state index >= 15 is 0 Å². The van der Waals surface area contributed by atoms with Gasteiger partial charge in [0.1, 0.15) is 0 Å². The summed E-state index contributed by atoms with van der Waals surface area (Å²) in [6.45, 7) is 7.17. The van der Waals surface area contributed by atoms with Gasteiger partial charge in [-0.3, -0.25) is 4.98 Å². The van der Waals surface area contributed by atoms with Crippen molar-refractivity contribution in [2.24, 2.45) is 0 Å². The van der Waals surface area contributed by atoms with Gasteiger partial charge < -0.3 is 0 Å². The monoisotopic (exact) mass is 197 g/mol. The Balaban J connectivity index is 2.44. The summed E-state index contributed by atoms with van der Waals surface area (Å²) in [4.78, 5) is 5.33. The van der Waals surface area contributed by atoms with Crippen LogP contribution in [-0.4, -0.2) is 18.4 Å². The molecule has 0 aliphatic rings. The van der Waals surface area contributed by atoms with Gasteiger partial charge in [0.2, 0.25) is 0 Å². The minimum Gasteiger partial charge on any atom is -0.265 e. The maximum atomic E-state index is 3.99. The average Bonchev–Trinajstić information content (AvgIpc) is 2.02. The van der Waals surface area contributed by atoms with Crippen LogP contribution in [0.25, 0.3) is 0 Å². The number of hydrogen-bond acceptors (Lipinski definition) is 2. The maximum absolute atomic E-state index is 3.99. The Labute approximate surface area is 79.6 Å². The van der Waals surface area contributed by atoms with Gasteiger partial charge in [-0.2, -0.15) is 0 Å². The summed E-state index contributed by atoms with van der Waals surface area (Å²) < 4.78 is 0. The zero-order valence-electron chi connectivity index (χ0n) is 7.87. The number of rotatable bonds is 3. The summed E-state index contributed by atoms with van der Waals surface area (Å²) in [7, 11) is -0.897. The first kappa shape index (κ1) is 9.80. The van der Waals surface area contributed by atoms with Gasteiger partial charge in [0.05, 0.1) is 8.07 Å². The summed E-state index contributed by atoms with van der Waals surface area (Å²) in [6.07, 6.45) is 3.71. The molecule has 0 saturated carbocycles. The first-order valence-electron chi connectivity index (χ1n) is 4.11. The van der Waals surface area contributed by atoms with Crippen molar-refractivity contribution in [3.63, 3.8) is 0 Å². The van der Waals surface area contributed by atoms with Crippen molar-refractivity contribution < 1.29 is 0 Å². The molecule has 0 aliphatic heterocycles. The van der Waals surface area contributed by atoms with E-state index in [0.717, 1.165) is 0 Å². The van der Waals surface area contributed by atoms with E-state index in [-0.39, 0.29) is 0 Å². The topological polar surface area (TPSA) is 12.9 Å². The molecule has 0 aliphatic carbocycles. The third-order valence-corrected chi connectivity index (χ3v) is 5.97. The zero-order chi connectivity index (χ0) is 9.03. The van der Waals surface area contributed by atoms with Gasteiger partial charge in [-0.15, -0.1) is 11.8 Å². The van der Waals surface area contributed by atoms with E-state index in [9.17, 15) is 0 Å². The van der Waals surface area contributed by atoms with Crippen molar-refractivity contribution in [2.45, 2.75) is 24.5 Å². The molecule has 0 saturated heterocycles. The molecule has 0 atom stereocenters. The molecule has 1 aromatic rings. The lowest BCUT2D eigenvalue weighted by atomic mass is 10.5. The van der Waals surface area contributed by atoms with Crippen LogP contribution in [0.5, 0.6) is 0 Å². The van der Waals surface area contributed by atoms with Crippen LogP contribution in [0.1, 0.15) is 0 Å². The van der Waals surface area contributed by atoms with Crippen molar-refractivity contribution in [1.82, 2.24) is 4.98 Å². The summed E-state index contributed by atoms with van der Waals surface area (Å²) in [5, 5.41) is 1.29. The molecule has 1 rings (SSSR count). The van der Waals surface area contributed by atoms with E-state index in [1.807, 2.05) is 24.2 Å². The lowest BCUT2D eigenvalue weighted by Gasteiger charge is -2.14. The Morgan fingerprint density at radius 2 is 1.83 bits per heavy atom. The molecule has 0 N–H and O–H groups in total. The van der Waals surface area contributed by atoms with Gasteiger partial charge in [0.25, 0.3) is 0 Å². The molecule has 1 aromatic heterocycles. The maximum Gasteiger partial charge on any atom is 0.0552 e. The lowest BCUT2D eigenvalue weighted by Crippen LogP contribution is -2.23. The van der Waals surface area contributed by atoms with Crippen LogP contribution in [0.4, 0.5) is 0 Å². The van der Waals surface area contributed by atoms with E-state index in [1.54, 1.807) is 0 Å². The van der Waals surface area contributed by atoms with Gasteiger partial charge in [-0.1, -0.05) is 19.6 Å². The molecule has 1 heterocycles. The second-order valence-corrected chi connectivity index (χ2v) is 11.1. The van der Waals surface area contributed by atoms with Crippen molar-refractivity contribution in [3.8, 4) is 0 Å². The molecule has 0 unspecified atom stereocenters. The quantitative estimate of drug-likeness (QED) is 0.545. The van der Waals surface area contributed by atoms with Crippen LogP contribution in [-0.2, 0) is 0 Å². The average molecular weight is 197 g/mol. The number of nitrogens with zero attached hydrogens (tertiary/aromatic N) is 1. The normalized spacial score (nSPS) is 11.6. The molecule has 3 heteroatoms. The Morgan fingerprint density at radius 3 is 2.33 bits per heavy atom. The fourth-order valence-corrected chi connectivity index (χ4v) is 3.45. The second-order valence-electron chi connectivity index (χ2n) is 4.03. The summed E-state index contributed by atoms with van der Waals surface area (Å²) in [5.41, 5.74) is 0. The molecule has 66 valence electrons. The number of aromatic nitrogens is 1. The smallest absolute Gasteiger partial charge is 0.0552 e. The van der Waals surface area contributed by atoms with Gasteiger partial charge in [-0.05, 0) is 17.5 Å². The van der Waals surface area contributed by atoms with Crippen LogP contribution in [0.3, 0.4) is 0 Å². The van der Waals surface area contributed by atoms with Crippen molar-refractivity contribution in [3.05, 3.63) is 24.5 Å². The summed E-state index contributed by atoms with van der Waals surface area (Å²) in [6, 6.07) is 4.15. The SMILES string of the molecule is C[Si](C)(C)CSc1ccncc1. The molecular formula is C9H15NSSi. The Bertz CT molecular complexity index is 230. The summed E-state index contributed by atoms with van der Waals surface area (Å²) >= 11 is 1.95. The van der Waals surface area contributed by atoms with E-state index in [0.29, 0.717) is 0 Å². The zero-order valence-corrected chi connectivity index (χ0v) is 9.69. The molecule has 12 heavy (non-hydrogen) atoms. The molecular weight excluding hydrogens is 182 g/mol. The number of thioether (sulfide) groups is 1. The van der Waals surface area contributed by atoms with E-state index in [1.165, 1.54) is 10.3 Å². The summed E-state index contributed by atoms with van der Waals surface area (Å²) in [5.74, 6) is 0.